The molecule has 3 aromatic heterocycles. The summed E-state index contributed by atoms with van der Waals surface area (Å²) in [6.45, 7) is 5.02. The number of esters is 1. The smallest absolute Gasteiger partial charge is 0.341 e. The first-order chi connectivity index (χ1) is 17.9. The number of carbonyl (C=O) groups excluding carboxylic acids is 2. The number of nitrogens with zero attached hydrogens (tertiary/aromatic N) is 5. The molecule has 198 valence electrons. The molecule has 1 amide bonds. The fourth-order valence-electron chi connectivity index (χ4n) is 4.71. The molecule has 0 spiro atoms. The fourth-order valence-corrected chi connectivity index (χ4v) is 6.75. The van der Waals surface area contributed by atoms with Gasteiger partial charge in [-0.1, -0.05) is 11.8 Å². The van der Waals surface area contributed by atoms with Crippen LogP contribution in [0, 0.1) is 0 Å². The second-order valence-corrected chi connectivity index (χ2v) is 11.7. The van der Waals surface area contributed by atoms with Gasteiger partial charge in [0.15, 0.2) is 11.0 Å². The number of hydrogen-bond donors (Lipinski definition) is 1. The molecule has 1 aliphatic heterocycles. The van der Waals surface area contributed by atoms with Crippen molar-refractivity contribution < 1.29 is 19.1 Å². The molecule has 1 N–H and O–H groups in total. The number of thiophene rings is 1. The van der Waals surface area contributed by atoms with Gasteiger partial charge in [0.05, 0.1) is 30.1 Å². The van der Waals surface area contributed by atoms with Crippen LogP contribution in [-0.2, 0) is 40.7 Å². The van der Waals surface area contributed by atoms with E-state index < -0.39 is 0 Å². The highest BCUT2D eigenvalue weighted by atomic mass is 32.2. The van der Waals surface area contributed by atoms with Gasteiger partial charge in [0, 0.05) is 24.7 Å². The summed E-state index contributed by atoms with van der Waals surface area (Å²) < 4.78 is 15.1. The first-order valence-corrected chi connectivity index (χ1v) is 14.5. The van der Waals surface area contributed by atoms with Crippen molar-refractivity contribution in [2.45, 2.75) is 76.3 Å². The van der Waals surface area contributed by atoms with Crippen LogP contribution in [0.5, 0.6) is 0 Å². The van der Waals surface area contributed by atoms with E-state index in [9.17, 15) is 9.59 Å². The van der Waals surface area contributed by atoms with Crippen molar-refractivity contribution in [3.05, 3.63) is 28.3 Å². The standard InChI is InChI=1S/C25H32N6O4S2/c1-15(2)35-24(33)21-17-8-4-5-9-19(17)37-23(21)26-20(32)14-36-25-28-27-22(18-10-11-30(3)29-18)31(25)13-16-7-6-12-34-16/h10-11,15-16H,4-9,12-14H2,1-3H3,(H,26,32)/t16-/m1/s1. The molecule has 0 saturated carbocycles. The number of rotatable bonds is 9. The SMILES string of the molecule is CC(C)OC(=O)c1c(NC(=O)CSc2nnc(-c3ccn(C)n3)n2C[C@H]2CCCO2)sc2c1CCCC2. The Morgan fingerprint density at radius 3 is 2.84 bits per heavy atom. The van der Waals surface area contributed by atoms with Gasteiger partial charge in [-0.05, 0) is 64.0 Å². The third-order valence-electron chi connectivity index (χ3n) is 6.37. The first-order valence-electron chi connectivity index (χ1n) is 12.7. The van der Waals surface area contributed by atoms with Gasteiger partial charge in [0.25, 0.3) is 0 Å². The third kappa shape index (κ3) is 5.91. The molecule has 1 saturated heterocycles. The lowest BCUT2D eigenvalue weighted by Gasteiger charge is -2.14. The summed E-state index contributed by atoms with van der Waals surface area (Å²) in [6, 6.07) is 1.90. The Morgan fingerprint density at radius 2 is 2.11 bits per heavy atom. The van der Waals surface area contributed by atoms with E-state index in [-0.39, 0.29) is 29.8 Å². The lowest BCUT2D eigenvalue weighted by atomic mass is 9.95. The van der Waals surface area contributed by atoms with Gasteiger partial charge < -0.3 is 14.8 Å². The number of nitrogens with one attached hydrogen (secondary N) is 1. The third-order valence-corrected chi connectivity index (χ3v) is 8.55. The van der Waals surface area contributed by atoms with Crippen molar-refractivity contribution in [2.75, 3.05) is 17.7 Å². The van der Waals surface area contributed by atoms with E-state index in [1.807, 2.05) is 37.7 Å². The number of hydrogen-bond acceptors (Lipinski definition) is 9. The maximum Gasteiger partial charge on any atom is 0.341 e. The molecule has 1 fully saturated rings. The number of ether oxygens (including phenoxy) is 2. The largest absolute Gasteiger partial charge is 0.459 e. The summed E-state index contributed by atoms with van der Waals surface area (Å²) in [5.41, 5.74) is 2.27. The maximum absolute atomic E-state index is 13.1. The van der Waals surface area contributed by atoms with Crippen molar-refractivity contribution in [1.29, 1.82) is 0 Å². The monoisotopic (exact) mass is 544 g/mol. The van der Waals surface area contributed by atoms with E-state index in [1.165, 1.54) is 28.0 Å². The van der Waals surface area contributed by atoms with Crippen LogP contribution in [0.4, 0.5) is 5.00 Å². The molecule has 1 aliphatic carbocycles. The highest BCUT2D eigenvalue weighted by Crippen LogP contribution is 2.39. The zero-order chi connectivity index (χ0) is 25.9. The van der Waals surface area contributed by atoms with Gasteiger partial charge in [0.2, 0.25) is 5.91 Å². The summed E-state index contributed by atoms with van der Waals surface area (Å²) in [5, 5.41) is 17.4. The quantitative estimate of drug-likeness (QED) is 0.317. The molecule has 4 heterocycles. The molecule has 0 bridgehead atoms. The van der Waals surface area contributed by atoms with Crippen molar-refractivity contribution in [1.82, 2.24) is 24.5 Å². The number of carbonyl (C=O) groups is 2. The molecule has 1 atom stereocenters. The van der Waals surface area contributed by atoms with Crippen LogP contribution in [0.25, 0.3) is 11.5 Å². The van der Waals surface area contributed by atoms with Crippen molar-refractivity contribution in [3.63, 3.8) is 0 Å². The number of aryl methyl sites for hydroxylation is 2. The van der Waals surface area contributed by atoms with Gasteiger partial charge in [-0.3, -0.25) is 14.0 Å². The Kier molecular flexibility index (Phi) is 7.96. The summed E-state index contributed by atoms with van der Waals surface area (Å²) in [5.74, 6) is 0.221. The molecule has 37 heavy (non-hydrogen) atoms. The van der Waals surface area contributed by atoms with Crippen LogP contribution in [0.3, 0.4) is 0 Å². The van der Waals surface area contributed by atoms with Crippen LogP contribution < -0.4 is 5.32 Å². The van der Waals surface area contributed by atoms with E-state index in [0.29, 0.717) is 28.1 Å². The Labute approximate surface area is 224 Å². The van der Waals surface area contributed by atoms with E-state index in [0.717, 1.165) is 56.4 Å². The minimum absolute atomic E-state index is 0.0820. The molecular formula is C25H32N6O4S2. The second-order valence-electron chi connectivity index (χ2n) is 9.63. The van der Waals surface area contributed by atoms with Crippen LogP contribution in [-0.4, -0.2) is 61.0 Å². The number of amides is 1. The molecule has 5 rings (SSSR count). The van der Waals surface area contributed by atoms with Gasteiger partial charge in [0.1, 0.15) is 10.7 Å². The van der Waals surface area contributed by atoms with Crippen molar-refractivity contribution in [3.8, 4) is 11.5 Å². The summed E-state index contributed by atoms with van der Waals surface area (Å²) in [4.78, 5) is 27.1. The minimum Gasteiger partial charge on any atom is -0.459 e. The zero-order valence-electron chi connectivity index (χ0n) is 21.4. The van der Waals surface area contributed by atoms with Gasteiger partial charge in [-0.2, -0.15) is 5.10 Å². The number of fused-ring (bicyclic) bond motifs is 1. The van der Waals surface area contributed by atoms with E-state index >= 15 is 0 Å². The van der Waals surface area contributed by atoms with Crippen molar-refractivity contribution >= 4 is 40.0 Å². The van der Waals surface area contributed by atoms with Gasteiger partial charge >= 0.3 is 5.97 Å². The molecule has 3 aromatic rings. The molecule has 0 radical (unpaired) electrons. The maximum atomic E-state index is 13.1. The lowest BCUT2D eigenvalue weighted by Crippen LogP contribution is -2.19. The van der Waals surface area contributed by atoms with Crippen molar-refractivity contribution in [2.24, 2.45) is 7.05 Å². The predicted octanol–water partition coefficient (Wildman–Crippen LogP) is 4.09. The number of anilines is 1. The molecule has 2 aliphatic rings. The van der Waals surface area contributed by atoms with Crippen LogP contribution in [0.2, 0.25) is 0 Å². The Morgan fingerprint density at radius 1 is 1.27 bits per heavy atom. The molecule has 10 nitrogen and oxygen atoms in total. The normalized spacial score (nSPS) is 17.2. The van der Waals surface area contributed by atoms with Gasteiger partial charge in [-0.25, -0.2) is 4.79 Å². The predicted molar refractivity (Wildman–Crippen MR) is 142 cm³/mol. The summed E-state index contributed by atoms with van der Waals surface area (Å²) in [7, 11) is 1.86. The first kappa shape index (κ1) is 25.9. The second kappa shape index (κ2) is 11.4. The molecule has 0 unspecified atom stereocenters. The van der Waals surface area contributed by atoms with E-state index in [1.54, 1.807) is 4.68 Å². The van der Waals surface area contributed by atoms with Crippen LogP contribution >= 0.6 is 23.1 Å². The fraction of sp³-hybridized carbons (Fsp3) is 0.560. The van der Waals surface area contributed by atoms with Crippen LogP contribution in [0.15, 0.2) is 17.4 Å². The zero-order valence-corrected chi connectivity index (χ0v) is 23.0. The summed E-state index contributed by atoms with van der Waals surface area (Å²) in [6.07, 6.45) is 7.61. The van der Waals surface area contributed by atoms with Gasteiger partial charge in [-0.15, -0.1) is 21.5 Å². The lowest BCUT2D eigenvalue weighted by molar-refractivity contribution is -0.113. The Bertz CT molecular complexity index is 1270. The minimum atomic E-state index is -0.367. The molecular weight excluding hydrogens is 512 g/mol. The molecule has 12 heteroatoms. The topological polar surface area (TPSA) is 113 Å². The molecule has 0 aromatic carbocycles. The highest BCUT2D eigenvalue weighted by molar-refractivity contribution is 7.99. The van der Waals surface area contributed by atoms with Crippen LogP contribution in [0.1, 0.15) is 60.3 Å². The Balaban J connectivity index is 1.32. The Hall–Kier alpha value is -2.70. The van der Waals surface area contributed by atoms with E-state index in [4.69, 9.17) is 9.47 Å². The highest BCUT2D eigenvalue weighted by Gasteiger charge is 2.28. The van der Waals surface area contributed by atoms with E-state index in [2.05, 4.69) is 20.6 Å². The average Bonchev–Trinajstić information content (AvgIpc) is 3.64. The average molecular weight is 545 g/mol. The number of thioether (sulfide) groups is 1. The number of aromatic nitrogens is 5. The summed E-state index contributed by atoms with van der Waals surface area (Å²) >= 11 is 2.81.